The lowest BCUT2D eigenvalue weighted by molar-refractivity contribution is 0.0549. The van der Waals surface area contributed by atoms with Gasteiger partial charge < -0.3 is 5.11 Å². The molecule has 1 aliphatic heterocycles. The van der Waals surface area contributed by atoms with Crippen LogP contribution in [0.5, 0.6) is 0 Å². The maximum absolute atomic E-state index is 12.5. The number of rotatable bonds is 6. The Hall–Kier alpha value is -1.97. The molecule has 2 aromatic carbocycles. The van der Waals surface area contributed by atoms with Gasteiger partial charge in [0.1, 0.15) is 0 Å². The molecule has 1 fully saturated rings. The Morgan fingerprint density at radius 2 is 1.64 bits per heavy atom. The monoisotopic (exact) mass is 337 g/mol. The molecule has 25 heavy (non-hydrogen) atoms. The van der Waals surface area contributed by atoms with Gasteiger partial charge in [0.25, 0.3) is 0 Å². The first-order valence-corrected chi connectivity index (χ1v) is 9.18. The first-order valence-electron chi connectivity index (χ1n) is 9.18. The Kier molecular flexibility index (Phi) is 6.00. The lowest BCUT2D eigenvalue weighted by atomic mass is 9.88. The van der Waals surface area contributed by atoms with E-state index in [9.17, 15) is 9.90 Å². The Labute approximate surface area is 150 Å². The summed E-state index contributed by atoms with van der Waals surface area (Å²) in [5.74, 6) is 0.210. The van der Waals surface area contributed by atoms with Crippen LogP contribution in [0.1, 0.15) is 54.1 Å². The van der Waals surface area contributed by atoms with Crippen molar-refractivity contribution in [2.75, 3.05) is 7.05 Å². The van der Waals surface area contributed by atoms with Gasteiger partial charge in [-0.05, 0) is 31.9 Å². The fraction of sp³-hybridized carbons (Fsp3) is 0.409. The number of aliphatic hydroxyl groups is 1. The van der Waals surface area contributed by atoms with Crippen LogP contribution in [0, 0.1) is 0 Å². The highest BCUT2D eigenvalue weighted by Gasteiger charge is 2.30. The molecule has 1 heterocycles. The van der Waals surface area contributed by atoms with Crippen molar-refractivity contribution in [3.8, 4) is 0 Å². The number of Topliss-reactive ketones (excluding diaryl/α,β-unsaturated/α-hetero) is 1. The number of hydrogen-bond donors (Lipinski definition) is 1. The number of carbonyl (C=O) groups is 1. The van der Waals surface area contributed by atoms with Gasteiger partial charge in [-0.15, -0.1) is 0 Å². The Morgan fingerprint density at radius 3 is 2.32 bits per heavy atom. The first kappa shape index (κ1) is 17.8. The number of hydrogen-bond acceptors (Lipinski definition) is 3. The summed E-state index contributed by atoms with van der Waals surface area (Å²) in [7, 11) is 2.10. The second-order valence-corrected chi connectivity index (χ2v) is 7.06. The first-order chi connectivity index (χ1) is 12.1. The molecule has 0 spiro atoms. The molecule has 1 saturated heterocycles. The summed E-state index contributed by atoms with van der Waals surface area (Å²) >= 11 is 0. The molecule has 3 atom stereocenters. The Balaban J connectivity index is 1.61. The highest BCUT2D eigenvalue weighted by molar-refractivity contribution is 5.96. The molecule has 2 unspecified atom stereocenters. The van der Waals surface area contributed by atoms with Crippen LogP contribution in [0.3, 0.4) is 0 Å². The maximum atomic E-state index is 12.5. The molecule has 0 aromatic heterocycles. The summed E-state index contributed by atoms with van der Waals surface area (Å²) in [4.78, 5) is 14.8. The Morgan fingerprint density at radius 1 is 1.04 bits per heavy atom. The van der Waals surface area contributed by atoms with E-state index in [1.165, 1.54) is 0 Å². The van der Waals surface area contributed by atoms with Crippen molar-refractivity contribution in [3.05, 3.63) is 71.8 Å². The van der Waals surface area contributed by atoms with Crippen LogP contribution in [-0.2, 0) is 0 Å². The fourth-order valence-electron chi connectivity index (χ4n) is 3.85. The van der Waals surface area contributed by atoms with Crippen molar-refractivity contribution in [1.29, 1.82) is 0 Å². The maximum Gasteiger partial charge on any atom is 0.164 e. The zero-order chi connectivity index (χ0) is 17.6. The van der Waals surface area contributed by atoms with Gasteiger partial charge >= 0.3 is 0 Å². The molecule has 132 valence electrons. The van der Waals surface area contributed by atoms with E-state index in [4.69, 9.17) is 0 Å². The van der Waals surface area contributed by atoms with Crippen molar-refractivity contribution in [2.45, 2.75) is 50.3 Å². The third kappa shape index (κ3) is 4.56. The second kappa shape index (κ2) is 8.41. The molecular formula is C22H27NO2. The minimum Gasteiger partial charge on any atom is -0.388 e. The molecule has 3 nitrogen and oxygen atoms in total. The number of piperidine rings is 1. The number of likely N-dealkylation sites (tertiary alicyclic amines) is 1. The zero-order valence-electron chi connectivity index (χ0n) is 14.8. The van der Waals surface area contributed by atoms with E-state index in [1.807, 2.05) is 60.7 Å². The SMILES string of the molecule is CN1C(CC(=O)c2ccccc2)CCC[C@H]1CC(O)c1ccccc1. The highest BCUT2D eigenvalue weighted by Crippen LogP contribution is 2.30. The number of benzene rings is 2. The minimum atomic E-state index is -0.447. The van der Waals surface area contributed by atoms with Gasteiger partial charge in [-0.2, -0.15) is 0 Å². The molecule has 3 rings (SSSR count). The predicted octanol–water partition coefficient (Wildman–Crippen LogP) is 4.24. The smallest absolute Gasteiger partial charge is 0.164 e. The standard InChI is InChI=1S/C22H27NO2/c1-23-19(15-21(24)17-9-4-2-5-10-17)13-8-14-20(23)16-22(25)18-11-6-3-7-12-18/h2-7,9-12,19-21,24H,8,13-16H2,1H3/t19-,20?,21?/m0/s1. The van der Waals surface area contributed by atoms with E-state index in [2.05, 4.69) is 11.9 Å². The van der Waals surface area contributed by atoms with Crippen LogP contribution in [0.25, 0.3) is 0 Å². The Bertz CT molecular complexity index is 671. The van der Waals surface area contributed by atoms with Crippen molar-refractivity contribution in [2.24, 2.45) is 0 Å². The molecule has 3 heteroatoms. The van der Waals surface area contributed by atoms with Crippen LogP contribution in [0.4, 0.5) is 0 Å². The van der Waals surface area contributed by atoms with E-state index in [0.717, 1.165) is 36.8 Å². The lowest BCUT2D eigenvalue weighted by Crippen LogP contribution is -2.45. The van der Waals surface area contributed by atoms with Crippen LogP contribution in [0.2, 0.25) is 0 Å². The zero-order valence-corrected chi connectivity index (χ0v) is 14.8. The van der Waals surface area contributed by atoms with Crippen LogP contribution in [-0.4, -0.2) is 34.9 Å². The highest BCUT2D eigenvalue weighted by atomic mass is 16.3. The summed E-state index contributed by atoms with van der Waals surface area (Å²) < 4.78 is 0. The van der Waals surface area contributed by atoms with Gasteiger partial charge in [0.15, 0.2) is 5.78 Å². The quantitative estimate of drug-likeness (QED) is 0.802. The summed E-state index contributed by atoms with van der Waals surface area (Å²) in [5.41, 5.74) is 1.76. The largest absolute Gasteiger partial charge is 0.388 e. The van der Waals surface area contributed by atoms with Crippen molar-refractivity contribution in [3.63, 3.8) is 0 Å². The predicted molar refractivity (Wildman–Crippen MR) is 101 cm³/mol. The van der Waals surface area contributed by atoms with E-state index in [1.54, 1.807) is 0 Å². The van der Waals surface area contributed by atoms with E-state index >= 15 is 0 Å². The normalized spacial score (nSPS) is 22.5. The summed E-state index contributed by atoms with van der Waals surface area (Å²) in [6, 6.07) is 20.0. The molecule has 0 bridgehead atoms. The van der Waals surface area contributed by atoms with E-state index in [0.29, 0.717) is 12.5 Å². The van der Waals surface area contributed by atoms with E-state index in [-0.39, 0.29) is 11.8 Å². The average molecular weight is 337 g/mol. The second-order valence-electron chi connectivity index (χ2n) is 7.06. The molecule has 0 saturated carbocycles. The number of ketones is 1. The summed E-state index contributed by atoms with van der Waals surface area (Å²) in [6.45, 7) is 0. The fourth-order valence-corrected chi connectivity index (χ4v) is 3.85. The molecule has 0 radical (unpaired) electrons. The topological polar surface area (TPSA) is 40.5 Å². The molecule has 0 amide bonds. The van der Waals surface area contributed by atoms with Gasteiger partial charge in [0.2, 0.25) is 0 Å². The van der Waals surface area contributed by atoms with Gasteiger partial charge in [0, 0.05) is 24.1 Å². The molecule has 1 N–H and O–H groups in total. The van der Waals surface area contributed by atoms with Crippen molar-refractivity contribution in [1.82, 2.24) is 4.90 Å². The van der Waals surface area contributed by atoms with Crippen molar-refractivity contribution < 1.29 is 9.90 Å². The lowest BCUT2D eigenvalue weighted by Gasteiger charge is -2.40. The van der Waals surface area contributed by atoms with Crippen LogP contribution >= 0.6 is 0 Å². The van der Waals surface area contributed by atoms with Gasteiger partial charge in [-0.3, -0.25) is 9.69 Å². The number of nitrogens with zero attached hydrogens (tertiary/aromatic N) is 1. The molecule has 0 aliphatic carbocycles. The summed E-state index contributed by atoms with van der Waals surface area (Å²) in [5, 5.41) is 10.5. The molecular weight excluding hydrogens is 310 g/mol. The van der Waals surface area contributed by atoms with Gasteiger partial charge in [0.05, 0.1) is 6.10 Å². The average Bonchev–Trinajstić information content (AvgIpc) is 2.66. The molecule has 2 aromatic rings. The third-order valence-electron chi connectivity index (χ3n) is 5.42. The van der Waals surface area contributed by atoms with Crippen LogP contribution < -0.4 is 0 Å². The van der Waals surface area contributed by atoms with E-state index < -0.39 is 6.10 Å². The minimum absolute atomic E-state index is 0.210. The number of carbonyl (C=O) groups excluding carboxylic acids is 1. The van der Waals surface area contributed by atoms with Gasteiger partial charge in [-0.1, -0.05) is 67.1 Å². The van der Waals surface area contributed by atoms with Crippen LogP contribution in [0.15, 0.2) is 60.7 Å². The van der Waals surface area contributed by atoms with Crippen molar-refractivity contribution >= 4 is 5.78 Å². The summed E-state index contributed by atoms with van der Waals surface area (Å²) in [6.07, 6.45) is 4.07. The number of aliphatic hydroxyl groups excluding tert-OH is 1. The molecule has 1 aliphatic rings. The van der Waals surface area contributed by atoms with Gasteiger partial charge in [-0.25, -0.2) is 0 Å². The third-order valence-corrected chi connectivity index (χ3v) is 5.42.